The highest BCUT2D eigenvalue weighted by Crippen LogP contribution is 2.84. The molecule has 0 heterocycles. The molecule has 16 N–H and O–H groups in total. The molecule has 0 unspecified atom stereocenters. The van der Waals surface area contributed by atoms with Crippen molar-refractivity contribution in [2.45, 2.75) is 40.9 Å². The van der Waals surface area contributed by atoms with Gasteiger partial charge in [-0.1, -0.05) is 6.42 Å². The van der Waals surface area contributed by atoms with Crippen LogP contribution in [0, 0.1) is 5.41 Å². The molecule has 0 rings (SSSR count). The van der Waals surface area contributed by atoms with E-state index in [0.29, 0.717) is 0 Å². The van der Waals surface area contributed by atoms with E-state index >= 15 is 0 Å². The standard InChI is InChI=1S/C8H26O24P8/c9-33(10,11)4(34(12,13)14)2-1-3-8(5(35(15,16)17)36(18,19)20,6(37(21,22)23)38(24,25)26)7(39(27,28)29)40(30,31)32/h4-7H,1-3H2,(H2,9,10,11)(H2,12,13,14)(H2,15,16,17)(H2,18,19,20)(H2,21,22,23)(H2,24,25,26)(H2,27,28,29)(H2,30,31,32). The molecule has 0 bridgehead atoms. The molecular formula is C8H26O24P8. The minimum absolute atomic E-state index is 1.74. The maximum absolute atomic E-state index is 12.3. The Bertz CT molecular complexity index is 1100. The van der Waals surface area contributed by atoms with Crippen LogP contribution in [0.4, 0.5) is 0 Å². The predicted octanol–water partition coefficient (Wildman–Crippen LogP) is -2.13. The van der Waals surface area contributed by atoms with E-state index < -0.39 is 107 Å². The fourth-order valence-electron chi connectivity index (χ4n) is 4.38. The average molecular weight is 754 g/mol. The molecule has 0 spiro atoms. The predicted molar refractivity (Wildman–Crippen MR) is 128 cm³/mol. The van der Waals surface area contributed by atoms with Gasteiger partial charge in [0.15, 0.2) is 21.6 Å². The summed E-state index contributed by atoms with van der Waals surface area (Å²) in [5, 5.41) is -16.5. The molecule has 24 nitrogen and oxygen atoms in total. The molecule has 0 saturated carbocycles. The molecule has 0 fully saturated rings. The lowest BCUT2D eigenvalue weighted by Crippen LogP contribution is -2.52. The molecule has 0 saturated heterocycles. The molecular weight excluding hydrogens is 728 g/mol. The van der Waals surface area contributed by atoms with Crippen LogP contribution >= 0.6 is 60.8 Å². The summed E-state index contributed by atoms with van der Waals surface area (Å²) in [5.41, 5.74) is -4.94. The maximum Gasteiger partial charge on any atom is 0.341 e. The molecule has 0 aliphatic rings. The van der Waals surface area contributed by atoms with Gasteiger partial charge in [0.25, 0.3) is 0 Å². The SMILES string of the molecule is O=P(O)(O)C(CCCC(C(P(=O)(O)O)P(=O)(O)O)(C(P(=O)(O)O)P(=O)(O)O)C(P(=O)(O)O)P(=O)(O)O)P(=O)(O)O. The molecule has 0 aliphatic heterocycles. The van der Waals surface area contributed by atoms with Gasteiger partial charge in [-0.3, -0.25) is 36.5 Å². The summed E-state index contributed by atoms with van der Waals surface area (Å²) in [6.07, 6.45) is -5.83. The Morgan fingerprint density at radius 1 is 0.375 bits per heavy atom. The van der Waals surface area contributed by atoms with Crippen molar-refractivity contribution < 1.29 is 115 Å². The highest BCUT2D eigenvalue weighted by Gasteiger charge is 2.76. The summed E-state index contributed by atoms with van der Waals surface area (Å²) in [7, 11) is -53.7. The lowest BCUT2D eigenvalue weighted by Gasteiger charge is -2.49. The highest BCUT2D eigenvalue weighted by atomic mass is 31.3. The Balaban J connectivity index is 8.41. The van der Waals surface area contributed by atoms with E-state index in [1.54, 1.807) is 0 Å². The van der Waals surface area contributed by atoms with Gasteiger partial charge in [-0.05, 0) is 12.8 Å². The van der Waals surface area contributed by atoms with Crippen molar-refractivity contribution in [2.75, 3.05) is 0 Å². The molecule has 40 heavy (non-hydrogen) atoms. The molecule has 0 aromatic heterocycles. The van der Waals surface area contributed by atoms with Gasteiger partial charge in [0, 0.05) is 5.41 Å². The van der Waals surface area contributed by atoms with Gasteiger partial charge in [0.05, 0.1) is 0 Å². The average Bonchev–Trinajstić information content (AvgIpc) is 2.47. The molecule has 0 atom stereocenters. The van der Waals surface area contributed by atoms with Crippen LogP contribution < -0.4 is 0 Å². The van der Waals surface area contributed by atoms with Gasteiger partial charge in [-0.25, -0.2) is 0 Å². The third-order valence-electron chi connectivity index (χ3n) is 5.20. The van der Waals surface area contributed by atoms with E-state index in [1.165, 1.54) is 0 Å². The quantitative estimate of drug-likeness (QED) is 0.0794. The normalized spacial score (nSPS) is 16.0. The zero-order chi connectivity index (χ0) is 32.9. The summed E-state index contributed by atoms with van der Waals surface area (Å²) in [4.78, 5) is 154. The lowest BCUT2D eigenvalue weighted by atomic mass is 9.87. The Hall–Kier alpha value is 1.20. The summed E-state index contributed by atoms with van der Waals surface area (Å²) >= 11 is 0. The summed E-state index contributed by atoms with van der Waals surface area (Å²) in [6.45, 7) is 0. The molecule has 0 radical (unpaired) electrons. The smallest absolute Gasteiger partial charge is 0.324 e. The second-order valence-electron chi connectivity index (χ2n) is 8.32. The summed E-state index contributed by atoms with van der Waals surface area (Å²) < 4.78 is 96.9. The first kappa shape index (κ1) is 41.2. The first-order valence-corrected chi connectivity index (χ1v) is 22.8. The molecule has 32 heteroatoms. The van der Waals surface area contributed by atoms with Crippen LogP contribution in [-0.2, 0) is 36.5 Å². The summed E-state index contributed by atoms with van der Waals surface area (Å²) in [6, 6.07) is 0. The van der Waals surface area contributed by atoms with Crippen molar-refractivity contribution in [1.82, 2.24) is 0 Å². The molecule has 0 aromatic rings. The van der Waals surface area contributed by atoms with Gasteiger partial charge < -0.3 is 78.3 Å². The van der Waals surface area contributed by atoms with E-state index in [2.05, 4.69) is 0 Å². The van der Waals surface area contributed by atoms with Gasteiger partial charge in [0.1, 0.15) is 0 Å². The van der Waals surface area contributed by atoms with Crippen LogP contribution in [0.1, 0.15) is 19.3 Å². The zero-order valence-corrected chi connectivity index (χ0v) is 26.1. The Labute approximate surface area is 222 Å². The molecule has 0 aromatic carbocycles. The van der Waals surface area contributed by atoms with Crippen molar-refractivity contribution in [3.63, 3.8) is 0 Å². The van der Waals surface area contributed by atoms with Gasteiger partial charge in [-0.2, -0.15) is 0 Å². The van der Waals surface area contributed by atoms with Crippen molar-refractivity contribution >= 4 is 60.8 Å². The first-order valence-electron chi connectivity index (χ1n) is 9.35. The van der Waals surface area contributed by atoms with E-state index in [0.717, 1.165) is 0 Å². The molecule has 0 amide bonds. The van der Waals surface area contributed by atoms with Gasteiger partial charge in [-0.15, -0.1) is 0 Å². The van der Waals surface area contributed by atoms with Crippen molar-refractivity contribution in [2.24, 2.45) is 5.41 Å². The van der Waals surface area contributed by atoms with Crippen molar-refractivity contribution in [1.29, 1.82) is 0 Å². The maximum atomic E-state index is 12.3. The first-order chi connectivity index (χ1) is 16.9. The fourth-order valence-corrected chi connectivity index (χ4v) is 19.4. The third-order valence-corrected chi connectivity index (χ3v) is 21.2. The number of hydrogen-bond acceptors (Lipinski definition) is 8. The van der Waals surface area contributed by atoms with Crippen LogP contribution in [-0.4, -0.2) is 99.9 Å². The van der Waals surface area contributed by atoms with Crippen molar-refractivity contribution in [3.8, 4) is 0 Å². The van der Waals surface area contributed by atoms with Gasteiger partial charge >= 0.3 is 60.8 Å². The Kier molecular flexibility index (Phi) is 12.9. The lowest BCUT2D eigenvalue weighted by molar-refractivity contribution is 0.189. The largest absolute Gasteiger partial charge is 0.341 e. The summed E-state index contributed by atoms with van der Waals surface area (Å²) in [5.74, 6) is 0. The topological polar surface area (TPSA) is 460 Å². The zero-order valence-electron chi connectivity index (χ0n) is 18.9. The molecule has 0 aliphatic carbocycles. The second kappa shape index (κ2) is 12.5. The minimum atomic E-state index is -6.98. The van der Waals surface area contributed by atoms with Crippen LogP contribution in [0.15, 0.2) is 0 Å². The van der Waals surface area contributed by atoms with Gasteiger partial charge in [0.2, 0.25) is 0 Å². The molecule has 242 valence electrons. The van der Waals surface area contributed by atoms with Crippen LogP contribution in [0.5, 0.6) is 0 Å². The monoisotopic (exact) mass is 754 g/mol. The second-order valence-corrected chi connectivity index (χ2v) is 23.7. The fraction of sp³-hybridized carbons (Fsp3) is 1.00. The minimum Gasteiger partial charge on any atom is -0.324 e. The van der Waals surface area contributed by atoms with E-state index in [4.69, 9.17) is 0 Å². The van der Waals surface area contributed by atoms with Crippen molar-refractivity contribution in [3.05, 3.63) is 0 Å². The van der Waals surface area contributed by atoms with E-state index in [9.17, 15) is 115 Å². The Morgan fingerprint density at radius 3 is 0.725 bits per heavy atom. The highest BCUT2D eigenvalue weighted by molar-refractivity contribution is 7.75. The van der Waals surface area contributed by atoms with Crippen LogP contribution in [0.2, 0.25) is 0 Å². The van der Waals surface area contributed by atoms with E-state index in [1.807, 2.05) is 0 Å². The van der Waals surface area contributed by atoms with Crippen LogP contribution in [0.25, 0.3) is 0 Å². The third kappa shape index (κ3) is 10.4. The van der Waals surface area contributed by atoms with E-state index in [-0.39, 0.29) is 0 Å². The van der Waals surface area contributed by atoms with Crippen LogP contribution in [0.3, 0.4) is 0 Å². The number of rotatable bonds is 15. The Morgan fingerprint density at radius 2 is 0.575 bits per heavy atom. The number of hydrogen-bond donors (Lipinski definition) is 16.